The van der Waals surface area contributed by atoms with Crippen molar-refractivity contribution >= 4 is 39.3 Å². The van der Waals surface area contributed by atoms with Crippen LogP contribution in [-0.4, -0.2) is 61.4 Å². The van der Waals surface area contributed by atoms with E-state index in [1.165, 1.54) is 23.0 Å². The summed E-state index contributed by atoms with van der Waals surface area (Å²) in [6, 6.07) is 9.35. The van der Waals surface area contributed by atoms with Gasteiger partial charge in [-0.25, -0.2) is 8.42 Å². The minimum absolute atomic E-state index is 0.0123. The third kappa shape index (κ3) is 5.77. The molecule has 3 rings (SSSR count). The number of hydrogen-bond acceptors (Lipinski definition) is 5. The number of carbonyl (C=O) groups excluding carboxylic acids is 2. The van der Waals surface area contributed by atoms with Crippen LogP contribution in [0.1, 0.15) is 29.2 Å². The second-order valence-electron chi connectivity index (χ2n) is 8.37. The van der Waals surface area contributed by atoms with Crippen molar-refractivity contribution in [2.75, 3.05) is 37.2 Å². The molecule has 0 spiro atoms. The first-order valence-electron chi connectivity index (χ1n) is 10.9. The maximum Gasteiger partial charge on any atom is 0.243 e. The molecule has 0 atom stereocenters. The van der Waals surface area contributed by atoms with Crippen molar-refractivity contribution in [1.29, 1.82) is 0 Å². The Kier molecular flexibility index (Phi) is 7.87. The minimum atomic E-state index is -3.63. The Morgan fingerprint density at radius 1 is 0.939 bits per heavy atom. The Hall–Kier alpha value is -2.36. The van der Waals surface area contributed by atoms with Gasteiger partial charge in [-0.2, -0.15) is 4.31 Å². The molecule has 1 N–H and O–H groups in total. The molecule has 1 saturated heterocycles. The van der Waals surface area contributed by atoms with Crippen LogP contribution in [0.2, 0.25) is 0 Å². The Morgan fingerprint density at radius 2 is 1.48 bits per heavy atom. The second kappa shape index (κ2) is 10.3. The average Bonchev–Trinajstić information content (AvgIpc) is 2.77. The van der Waals surface area contributed by atoms with Crippen molar-refractivity contribution < 1.29 is 18.0 Å². The van der Waals surface area contributed by atoms with Crippen LogP contribution in [-0.2, 0) is 19.6 Å². The molecule has 2 aromatic carbocycles. The summed E-state index contributed by atoms with van der Waals surface area (Å²) < 4.78 is 28.3. The van der Waals surface area contributed by atoms with Crippen LogP contribution in [0.15, 0.2) is 40.1 Å². The van der Waals surface area contributed by atoms with Crippen LogP contribution < -0.4 is 5.32 Å². The van der Waals surface area contributed by atoms with E-state index in [4.69, 9.17) is 0 Å². The van der Waals surface area contributed by atoms with E-state index in [-0.39, 0.29) is 30.7 Å². The van der Waals surface area contributed by atoms with Crippen molar-refractivity contribution in [3.8, 4) is 0 Å². The van der Waals surface area contributed by atoms with Gasteiger partial charge in [-0.15, -0.1) is 11.8 Å². The van der Waals surface area contributed by atoms with Gasteiger partial charge in [0, 0.05) is 43.7 Å². The molecule has 2 amide bonds. The summed E-state index contributed by atoms with van der Waals surface area (Å²) in [4.78, 5) is 26.9. The second-order valence-corrected chi connectivity index (χ2v) is 11.3. The highest BCUT2D eigenvalue weighted by Gasteiger charge is 2.32. The van der Waals surface area contributed by atoms with Gasteiger partial charge in [0.1, 0.15) is 0 Å². The zero-order valence-corrected chi connectivity index (χ0v) is 21.4. The van der Waals surface area contributed by atoms with Gasteiger partial charge in [-0.1, -0.05) is 6.07 Å². The third-order valence-corrected chi connectivity index (χ3v) is 9.19. The van der Waals surface area contributed by atoms with Crippen molar-refractivity contribution in [3.05, 3.63) is 52.6 Å². The van der Waals surface area contributed by atoms with E-state index >= 15 is 0 Å². The van der Waals surface area contributed by atoms with Gasteiger partial charge in [-0.05, 0) is 74.2 Å². The molecule has 2 aromatic rings. The molecule has 9 heteroatoms. The van der Waals surface area contributed by atoms with Crippen LogP contribution >= 0.6 is 11.8 Å². The van der Waals surface area contributed by atoms with Crippen molar-refractivity contribution in [2.24, 2.45) is 0 Å². The number of nitrogens with one attached hydrogen (secondary N) is 1. The molecular formula is C24H31N3O4S2. The highest BCUT2D eigenvalue weighted by atomic mass is 32.2. The number of carbonyl (C=O) groups is 2. The summed E-state index contributed by atoms with van der Waals surface area (Å²) >= 11 is 1.42. The van der Waals surface area contributed by atoms with Gasteiger partial charge in [0.2, 0.25) is 21.8 Å². The zero-order chi connectivity index (χ0) is 24.3. The van der Waals surface area contributed by atoms with E-state index in [0.717, 1.165) is 27.1 Å². The number of hydrogen-bond donors (Lipinski definition) is 1. The molecule has 1 fully saturated rings. The average molecular weight is 490 g/mol. The predicted octanol–water partition coefficient (Wildman–Crippen LogP) is 3.50. The number of benzene rings is 2. The number of nitrogens with zero attached hydrogens (tertiary/aromatic N) is 2. The Morgan fingerprint density at radius 3 is 2.00 bits per heavy atom. The first-order valence-corrected chi connectivity index (χ1v) is 13.3. The number of aryl methyl sites for hydroxylation is 2. The molecule has 0 unspecified atom stereocenters. The van der Waals surface area contributed by atoms with Gasteiger partial charge in [0.15, 0.2) is 0 Å². The summed E-state index contributed by atoms with van der Waals surface area (Å²) in [7, 11) is -3.63. The lowest BCUT2D eigenvalue weighted by molar-refractivity contribution is -0.129. The Bertz CT molecular complexity index is 1130. The first-order chi connectivity index (χ1) is 15.5. The smallest absolute Gasteiger partial charge is 0.243 e. The number of rotatable bonds is 6. The molecule has 1 aliphatic heterocycles. The fourth-order valence-electron chi connectivity index (χ4n) is 3.95. The summed E-state index contributed by atoms with van der Waals surface area (Å²) in [5.41, 5.74) is 4.22. The molecule has 0 bridgehead atoms. The number of thioether (sulfide) groups is 1. The van der Waals surface area contributed by atoms with Gasteiger partial charge < -0.3 is 10.2 Å². The maximum absolute atomic E-state index is 13.4. The van der Waals surface area contributed by atoms with Gasteiger partial charge in [-0.3, -0.25) is 9.59 Å². The molecule has 0 aromatic heterocycles. The van der Waals surface area contributed by atoms with E-state index in [1.807, 2.05) is 45.9 Å². The van der Waals surface area contributed by atoms with E-state index in [1.54, 1.807) is 17.0 Å². The molecular weight excluding hydrogens is 458 g/mol. The van der Waals surface area contributed by atoms with Crippen LogP contribution in [0.5, 0.6) is 0 Å². The van der Waals surface area contributed by atoms with E-state index in [0.29, 0.717) is 23.7 Å². The van der Waals surface area contributed by atoms with Crippen LogP contribution in [0.3, 0.4) is 0 Å². The quantitative estimate of drug-likeness (QED) is 0.628. The number of amides is 2. The Balaban J connectivity index is 1.59. The third-order valence-electron chi connectivity index (χ3n) is 6.02. The number of piperazine rings is 1. The molecule has 0 aliphatic carbocycles. The fraction of sp³-hybridized carbons (Fsp3) is 0.417. The SMILES string of the molecule is CC(=O)Nc1ccc(SCC(=O)N2CCN(S(=O)(=O)c3c(C)c(C)cc(C)c3C)CC2)cc1. The summed E-state index contributed by atoms with van der Waals surface area (Å²) in [5, 5.41) is 2.71. The molecule has 0 saturated carbocycles. The van der Waals surface area contributed by atoms with Crippen molar-refractivity contribution in [2.45, 2.75) is 44.4 Å². The molecule has 1 heterocycles. The van der Waals surface area contributed by atoms with Gasteiger partial charge >= 0.3 is 0 Å². The highest BCUT2D eigenvalue weighted by Crippen LogP contribution is 2.29. The zero-order valence-electron chi connectivity index (χ0n) is 19.8. The summed E-state index contributed by atoms with van der Waals surface area (Å²) in [6.45, 7) is 10.4. The van der Waals surface area contributed by atoms with E-state index < -0.39 is 10.0 Å². The highest BCUT2D eigenvalue weighted by molar-refractivity contribution is 8.00. The molecule has 1 aliphatic rings. The van der Waals surface area contributed by atoms with Crippen LogP contribution in [0.4, 0.5) is 5.69 Å². The molecule has 178 valence electrons. The standard InChI is InChI=1S/C24H31N3O4S2/c1-16-14-17(2)19(4)24(18(16)3)33(30,31)27-12-10-26(11-13-27)23(29)15-32-22-8-6-21(7-9-22)25-20(5)28/h6-9,14H,10-13,15H2,1-5H3,(H,25,28). The van der Waals surface area contributed by atoms with Crippen molar-refractivity contribution in [1.82, 2.24) is 9.21 Å². The first kappa shape index (κ1) is 25.3. The topological polar surface area (TPSA) is 86.8 Å². The van der Waals surface area contributed by atoms with Crippen LogP contribution in [0, 0.1) is 27.7 Å². The lowest BCUT2D eigenvalue weighted by atomic mass is 10.0. The monoisotopic (exact) mass is 489 g/mol. The number of anilines is 1. The Labute approximate surface area is 200 Å². The lowest BCUT2D eigenvalue weighted by Crippen LogP contribution is -2.51. The van der Waals surface area contributed by atoms with Gasteiger partial charge in [0.05, 0.1) is 10.6 Å². The molecule has 7 nitrogen and oxygen atoms in total. The largest absolute Gasteiger partial charge is 0.339 e. The fourth-order valence-corrected chi connectivity index (χ4v) is 6.75. The number of sulfonamides is 1. The minimum Gasteiger partial charge on any atom is -0.339 e. The molecule has 0 radical (unpaired) electrons. The normalized spacial score (nSPS) is 14.9. The van der Waals surface area contributed by atoms with Crippen molar-refractivity contribution in [3.63, 3.8) is 0 Å². The lowest BCUT2D eigenvalue weighted by Gasteiger charge is -2.34. The maximum atomic E-state index is 13.4. The summed E-state index contributed by atoms with van der Waals surface area (Å²) in [6.07, 6.45) is 0. The van der Waals surface area contributed by atoms with E-state index in [9.17, 15) is 18.0 Å². The molecule has 33 heavy (non-hydrogen) atoms. The van der Waals surface area contributed by atoms with Crippen LogP contribution in [0.25, 0.3) is 0 Å². The van der Waals surface area contributed by atoms with Gasteiger partial charge in [0.25, 0.3) is 0 Å². The predicted molar refractivity (Wildman–Crippen MR) is 132 cm³/mol. The summed E-state index contributed by atoms with van der Waals surface area (Å²) in [5.74, 6) is 0.137. The van der Waals surface area contributed by atoms with E-state index in [2.05, 4.69) is 5.32 Å².